The summed E-state index contributed by atoms with van der Waals surface area (Å²) in [6.45, 7) is 6.44. The van der Waals surface area contributed by atoms with Crippen molar-refractivity contribution in [1.29, 1.82) is 0 Å². The molecule has 0 nitrogen and oxygen atoms in total. The third-order valence-electron chi connectivity index (χ3n) is 2.41. The zero-order chi connectivity index (χ0) is 11.7. The molecule has 17 heavy (non-hydrogen) atoms. The van der Waals surface area contributed by atoms with Gasteiger partial charge in [0.2, 0.25) is 0 Å². The molecular formula is C15H22SiTi-4. The molecule has 2 rings (SSSR count). The maximum atomic E-state index is 3.26. The first kappa shape index (κ1) is 22.1. The van der Waals surface area contributed by atoms with Gasteiger partial charge in [0.1, 0.15) is 0 Å². The molecule has 0 N–H and O–H groups in total. The first-order chi connectivity index (χ1) is 7.22. The Balaban J connectivity index is -0.000000192. The van der Waals surface area contributed by atoms with E-state index in [1.54, 1.807) is 19.2 Å². The Morgan fingerprint density at radius 1 is 1.18 bits per heavy atom. The van der Waals surface area contributed by atoms with Crippen molar-refractivity contribution in [3.05, 3.63) is 62.0 Å². The SMILES string of the molecule is CC1=[C-]CC(C)=C1C.[C-]1=CC=CC1.[CH3-].[CH3-].[Si]=[Ti]. The van der Waals surface area contributed by atoms with Gasteiger partial charge in [-0.1, -0.05) is 13.8 Å². The van der Waals surface area contributed by atoms with Crippen LogP contribution >= 0.6 is 0 Å². The Hall–Kier alpha value is -0.109. The van der Waals surface area contributed by atoms with Gasteiger partial charge in [0.25, 0.3) is 0 Å². The molecule has 0 aromatic carbocycles. The molecule has 2 aliphatic carbocycles. The Morgan fingerprint density at radius 3 is 1.88 bits per heavy atom. The van der Waals surface area contributed by atoms with Crippen LogP contribution in [0.2, 0.25) is 0 Å². The average Bonchev–Trinajstić information content (AvgIpc) is 2.92. The second-order valence-corrected chi connectivity index (χ2v) is 3.39. The number of hydrogen-bond donors (Lipinski definition) is 0. The third kappa shape index (κ3) is 9.58. The molecule has 2 heteroatoms. The fourth-order valence-corrected chi connectivity index (χ4v) is 1.19. The van der Waals surface area contributed by atoms with Crippen molar-refractivity contribution in [3.8, 4) is 0 Å². The third-order valence-corrected chi connectivity index (χ3v) is 2.41. The van der Waals surface area contributed by atoms with E-state index in [0.717, 1.165) is 12.8 Å². The van der Waals surface area contributed by atoms with E-state index in [2.05, 4.69) is 46.6 Å². The van der Waals surface area contributed by atoms with Gasteiger partial charge in [-0.05, 0) is 0 Å². The summed E-state index contributed by atoms with van der Waals surface area (Å²) in [4.78, 5) is 0. The molecular weight excluding hydrogens is 256 g/mol. The van der Waals surface area contributed by atoms with E-state index in [0.29, 0.717) is 0 Å². The van der Waals surface area contributed by atoms with Crippen LogP contribution in [0.3, 0.4) is 0 Å². The zero-order valence-corrected chi connectivity index (χ0v) is 14.2. The Labute approximate surface area is 122 Å². The molecule has 0 saturated carbocycles. The van der Waals surface area contributed by atoms with E-state index < -0.39 is 0 Å². The Morgan fingerprint density at radius 2 is 1.76 bits per heavy atom. The van der Waals surface area contributed by atoms with Crippen molar-refractivity contribution in [2.75, 3.05) is 0 Å². The van der Waals surface area contributed by atoms with Gasteiger partial charge in [0, 0.05) is 0 Å². The van der Waals surface area contributed by atoms with Crippen LogP contribution in [0.15, 0.2) is 34.9 Å². The quantitative estimate of drug-likeness (QED) is 0.458. The predicted molar refractivity (Wildman–Crippen MR) is 75.6 cm³/mol. The molecule has 2 aliphatic rings. The van der Waals surface area contributed by atoms with E-state index >= 15 is 0 Å². The molecule has 0 bridgehead atoms. The van der Waals surface area contributed by atoms with E-state index in [1.165, 1.54) is 16.7 Å². The van der Waals surface area contributed by atoms with Crippen LogP contribution in [-0.4, -0.2) is 7.63 Å². The summed E-state index contributed by atoms with van der Waals surface area (Å²) in [7, 11) is 2.97. The second kappa shape index (κ2) is 14.0. The topological polar surface area (TPSA) is 0 Å². The van der Waals surface area contributed by atoms with Crippen LogP contribution in [0.1, 0.15) is 33.6 Å². The second-order valence-electron chi connectivity index (χ2n) is 3.39. The van der Waals surface area contributed by atoms with Crippen LogP contribution in [0.5, 0.6) is 0 Å². The Kier molecular flexibility index (Phi) is 18.1. The summed E-state index contributed by atoms with van der Waals surface area (Å²) in [5.74, 6) is 0. The van der Waals surface area contributed by atoms with Gasteiger partial charge in [-0.25, -0.2) is 17.7 Å². The van der Waals surface area contributed by atoms with Crippen molar-refractivity contribution in [3.63, 3.8) is 0 Å². The van der Waals surface area contributed by atoms with Crippen LogP contribution < -0.4 is 0 Å². The van der Waals surface area contributed by atoms with Crippen molar-refractivity contribution in [2.45, 2.75) is 33.6 Å². The first-order valence-corrected chi connectivity index (χ1v) is 7.77. The summed E-state index contributed by atoms with van der Waals surface area (Å²) in [6.07, 6.45) is 14.3. The first-order valence-electron chi connectivity index (χ1n) is 4.92. The van der Waals surface area contributed by atoms with E-state index in [-0.39, 0.29) is 14.9 Å². The predicted octanol–water partition coefficient (Wildman–Crippen LogP) is 4.30. The molecule has 0 saturated heterocycles. The van der Waals surface area contributed by atoms with Crippen LogP contribution in [0.4, 0.5) is 0 Å². The zero-order valence-electron chi connectivity index (χ0n) is 11.6. The average molecular weight is 278 g/mol. The fourth-order valence-electron chi connectivity index (χ4n) is 1.19. The minimum atomic E-state index is 0. The van der Waals surface area contributed by atoms with E-state index in [1.807, 2.05) is 12.2 Å². The van der Waals surface area contributed by atoms with Gasteiger partial charge in [0.15, 0.2) is 0 Å². The van der Waals surface area contributed by atoms with Crippen molar-refractivity contribution >= 4 is 7.63 Å². The summed E-state index contributed by atoms with van der Waals surface area (Å²) >= 11 is 1.81. The molecule has 0 amide bonds. The molecule has 0 aliphatic heterocycles. The summed E-state index contributed by atoms with van der Waals surface area (Å²) in [5.41, 5.74) is 4.25. The molecule has 2 radical (unpaired) electrons. The van der Waals surface area contributed by atoms with Gasteiger partial charge in [-0.15, -0.1) is 19.8 Å². The van der Waals surface area contributed by atoms with E-state index in [4.69, 9.17) is 0 Å². The van der Waals surface area contributed by atoms with Gasteiger partial charge in [0.05, 0.1) is 0 Å². The molecule has 94 valence electrons. The number of allylic oxidation sites excluding steroid dienone is 8. The standard InChI is InChI=1S/C8H11.C5H5.2CH3.Si.Ti/c1-6-4-5-7(2)8(6)3;1-2-4-5-3-1;;;;/h4H2,1-3H3;1-3H,4H2;2*1H3;;/q4*-1;;. The van der Waals surface area contributed by atoms with Gasteiger partial charge < -0.3 is 14.9 Å². The van der Waals surface area contributed by atoms with Crippen molar-refractivity contribution in [1.82, 2.24) is 0 Å². The van der Waals surface area contributed by atoms with Gasteiger partial charge >= 0.3 is 26.8 Å². The molecule has 0 aromatic rings. The van der Waals surface area contributed by atoms with Crippen LogP contribution in [-0.2, 0) is 19.2 Å². The molecule has 0 fully saturated rings. The summed E-state index contributed by atoms with van der Waals surface area (Å²) in [6, 6.07) is 0. The molecule has 0 atom stereocenters. The molecule has 0 aromatic heterocycles. The summed E-state index contributed by atoms with van der Waals surface area (Å²) in [5, 5.41) is 0. The number of rotatable bonds is 0. The minimum absolute atomic E-state index is 0. The van der Waals surface area contributed by atoms with Crippen molar-refractivity contribution in [2.24, 2.45) is 0 Å². The summed E-state index contributed by atoms with van der Waals surface area (Å²) < 4.78 is 0. The van der Waals surface area contributed by atoms with E-state index in [9.17, 15) is 0 Å². The number of hydrogen-bond acceptors (Lipinski definition) is 0. The molecule has 0 unspecified atom stereocenters. The monoisotopic (exact) mass is 278 g/mol. The fraction of sp³-hybridized carbons (Fsp3) is 0.333. The van der Waals surface area contributed by atoms with Crippen molar-refractivity contribution < 1.29 is 19.2 Å². The Bertz CT molecular complexity index is 293. The van der Waals surface area contributed by atoms with Crippen LogP contribution in [0.25, 0.3) is 0 Å². The molecule has 0 spiro atoms. The maximum absolute atomic E-state index is 3.26. The molecule has 0 heterocycles. The van der Waals surface area contributed by atoms with Gasteiger partial charge in [-0.3, -0.25) is 12.2 Å². The van der Waals surface area contributed by atoms with Gasteiger partial charge in [-0.2, -0.15) is 17.2 Å². The normalized spacial score (nSPS) is 14.6. The van der Waals surface area contributed by atoms with Crippen LogP contribution in [0, 0.1) is 27.0 Å².